The molecule has 28 heavy (non-hydrogen) atoms. The van der Waals surface area contributed by atoms with E-state index in [0.717, 1.165) is 18.4 Å². The second kappa shape index (κ2) is 15.5. The van der Waals surface area contributed by atoms with Crippen LogP contribution in [0.4, 0.5) is 0 Å². The number of rotatable bonds is 7. The van der Waals surface area contributed by atoms with Gasteiger partial charge in [-0.2, -0.15) is 0 Å². The molecule has 0 spiro atoms. The van der Waals surface area contributed by atoms with Gasteiger partial charge in [0.25, 0.3) is 8.20 Å². The van der Waals surface area contributed by atoms with Crippen molar-refractivity contribution in [2.75, 3.05) is 6.61 Å². The Morgan fingerprint density at radius 1 is 0.964 bits per heavy atom. The van der Waals surface area contributed by atoms with Crippen molar-refractivity contribution in [3.63, 3.8) is 0 Å². The molecule has 0 amide bonds. The summed E-state index contributed by atoms with van der Waals surface area (Å²) in [7, 11) is -4.39. The van der Waals surface area contributed by atoms with Crippen molar-refractivity contribution in [2.24, 2.45) is 0 Å². The highest BCUT2D eigenvalue weighted by Gasteiger charge is 2.39. The van der Waals surface area contributed by atoms with Crippen LogP contribution in [0.2, 0.25) is 13.1 Å². The second-order valence-corrected chi connectivity index (χ2v) is 16.6. The molecule has 2 unspecified atom stereocenters. The first-order chi connectivity index (χ1) is 13.3. The highest BCUT2D eigenvalue weighted by Crippen LogP contribution is 2.24. The summed E-state index contributed by atoms with van der Waals surface area (Å²) < 4.78 is 11.5. The van der Waals surface area contributed by atoms with Gasteiger partial charge in [-0.1, -0.05) is 94.3 Å². The molecule has 0 aromatic heterocycles. The van der Waals surface area contributed by atoms with E-state index in [4.69, 9.17) is 5.11 Å². The van der Waals surface area contributed by atoms with Crippen LogP contribution in [-0.4, -0.2) is 32.5 Å². The molecule has 0 fully saturated rings. The molecule has 5 heteroatoms. The first kappa shape index (κ1) is 26.6. The highest BCUT2D eigenvalue weighted by atomic mass is 29.2. The Balaban J connectivity index is 0.000000445. The van der Waals surface area contributed by atoms with E-state index in [1.807, 2.05) is 37.3 Å². The van der Waals surface area contributed by atoms with Gasteiger partial charge in [0.05, 0.1) is 0 Å². The number of benzene rings is 2. The summed E-state index contributed by atoms with van der Waals surface area (Å²) in [5.74, 6) is 0. The standard InChI is InChI=1S/C10H16O2Si2.C9H12.C4H10O/c1-9(14(3,12)13(2)11)10-7-5-4-6-8-10;1-2-6-9-7-4-3-5-8-9;1-2-3-4-5/h4-9,12H,1-3H3;3-5,7-8H,2,6H2,1H3;5H,2-4H2,1H3. The molecule has 2 aromatic carbocycles. The summed E-state index contributed by atoms with van der Waals surface area (Å²) in [6.07, 6.45) is 4.49. The van der Waals surface area contributed by atoms with E-state index in [-0.39, 0.29) is 5.54 Å². The fraction of sp³-hybridized carbons (Fsp3) is 0.478. The van der Waals surface area contributed by atoms with E-state index in [1.165, 1.54) is 18.4 Å². The van der Waals surface area contributed by atoms with E-state index in [0.29, 0.717) is 6.61 Å². The molecule has 0 radical (unpaired) electrons. The van der Waals surface area contributed by atoms with Gasteiger partial charge in [0, 0.05) is 12.1 Å². The lowest BCUT2D eigenvalue weighted by Crippen LogP contribution is -2.46. The molecule has 0 saturated carbocycles. The van der Waals surface area contributed by atoms with Gasteiger partial charge in [0.15, 0.2) is 0 Å². The predicted molar refractivity (Wildman–Crippen MR) is 123 cm³/mol. The number of aryl methyl sites for hydroxylation is 1. The lowest BCUT2D eigenvalue weighted by molar-refractivity contribution is 0.287. The largest absolute Gasteiger partial charge is 0.428 e. The number of hydrogen-bond donors (Lipinski definition) is 2. The molecular formula is C23H38O3Si2. The minimum absolute atomic E-state index is 0.0417. The molecule has 0 aliphatic heterocycles. The van der Waals surface area contributed by atoms with Crippen molar-refractivity contribution in [2.45, 2.75) is 65.1 Å². The van der Waals surface area contributed by atoms with Crippen LogP contribution in [0.15, 0.2) is 60.7 Å². The molecule has 3 nitrogen and oxygen atoms in total. The molecule has 2 N–H and O–H groups in total. The first-order valence-electron chi connectivity index (χ1n) is 10.2. The third kappa shape index (κ3) is 10.8. The molecule has 2 rings (SSSR count). The minimum Gasteiger partial charge on any atom is -0.428 e. The summed E-state index contributed by atoms with van der Waals surface area (Å²) in [4.78, 5) is 10.2. The zero-order valence-electron chi connectivity index (χ0n) is 18.2. The Morgan fingerprint density at radius 3 is 1.82 bits per heavy atom. The molecule has 0 aliphatic rings. The zero-order chi connectivity index (χ0) is 21.4. The van der Waals surface area contributed by atoms with Crippen LogP contribution in [0.3, 0.4) is 0 Å². The average molecular weight is 419 g/mol. The van der Waals surface area contributed by atoms with Gasteiger partial charge < -0.3 is 14.4 Å². The maximum atomic E-state index is 11.5. The number of aliphatic hydroxyl groups is 1. The predicted octanol–water partition coefficient (Wildman–Crippen LogP) is 5.45. The Labute approximate surface area is 174 Å². The first-order valence-corrected chi connectivity index (χ1v) is 15.7. The summed E-state index contributed by atoms with van der Waals surface area (Å²) in [5, 5.41) is 8.07. The minimum atomic E-state index is -2.58. The van der Waals surface area contributed by atoms with Crippen LogP contribution >= 0.6 is 0 Å². The van der Waals surface area contributed by atoms with Gasteiger partial charge in [0.1, 0.15) is 0 Å². The molecule has 0 saturated heterocycles. The fourth-order valence-electron chi connectivity index (χ4n) is 2.46. The SMILES string of the molecule is CC(c1ccccc1)[Si](C)(O)[Si](C)=O.CCCCO.CCCc1ccccc1. The third-order valence-corrected chi connectivity index (χ3v) is 13.8. The maximum absolute atomic E-state index is 11.5. The Kier molecular flexibility index (Phi) is 14.7. The van der Waals surface area contributed by atoms with E-state index < -0.39 is 16.0 Å². The summed E-state index contributed by atoms with van der Waals surface area (Å²) in [6, 6.07) is 20.4. The van der Waals surface area contributed by atoms with Crippen LogP contribution in [0, 0.1) is 0 Å². The Morgan fingerprint density at radius 2 is 1.46 bits per heavy atom. The van der Waals surface area contributed by atoms with Gasteiger partial charge in [0.2, 0.25) is 7.83 Å². The lowest BCUT2D eigenvalue weighted by atomic mass is 10.1. The van der Waals surface area contributed by atoms with Crippen molar-refractivity contribution in [1.29, 1.82) is 0 Å². The monoisotopic (exact) mass is 418 g/mol. The molecular weight excluding hydrogens is 380 g/mol. The smallest absolute Gasteiger partial charge is 0.286 e. The highest BCUT2D eigenvalue weighted by molar-refractivity contribution is 7.23. The van der Waals surface area contributed by atoms with Gasteiger partial charge in [-0.25, -0.2) is 0 Å². The topological polar surface area (TPSA) is 57.5 Å². The van der Waals surface area contributed by atoms with Crippen LogP contribution in [0.25, 0.3) is 0 Å². The normalized spacial score (nSPS) is 13.1. The zero-order valence-corrected chi connectivity index (χ0v) is 20.2. The maximum Gasteiger partial charge on any atom is 0.286 e. The molecule has 156 valence electrons. The van der Waals surface area contributed by atoms with Crippen molar-refractivity contribution >= 4 is 16.0 Å². The van der Waals surface area contributed by atoms with Crippen LogP contribution in [-0.2, 0) is 10.9 Å². The van der Waals surface area contributed by atoms with E-state index in [1.54, 1.807) is 13.1 Å². The molecule has 0 heterocycles. The van der Waals surface area contributed by atoms with Crippen LogP contribution in [0.1, 0.15) is 56.7 Å². The van der Waals surface area contributed by atoms with E-state index in [9.17, 15) is 9.26 Å². The van der Waals surface area contributed by atoms with Crippen molar-refractivity contribution in [3.8, 4) is 0 Å². The molecule has 0 aliphatic carbocycles. The Hall–Kier alpha value is -1.41. The quantitative estimate of drug-likeness (QED) is 0.588. The summed E-state index contributed by atoms with van der Waals surface area (Å²) >= 11 is 0. The van der Waals surface area contributed by atoms with Gasteiger partial charge in [-0.15, -0.1) is 0 Å². The molecule has 0 bridgehead atoms. The number of aliphatic hydroxyl groups excluding tert-OH is 1. The third-order valence-electron chi connectivity index (χ3n) is 4.75. The molecule has 2 atom stereocenters. The van der Waals surface area contributed by atoms with E-state index >= 15 is 0 Å². The average Bonchev–Trinajstić information content (AvgIpc) is 2.70. The fourth-order valence-corrected chi connectivity index (χ4v) is 6.24. The number of hydrogen-bond acceptors (Lipinski definition) is 3. The van der Waals surface area contributed by atoms with Gasteiger partial charge in [-0.05, 0) is 37.1 Å². The molecule has 2 aromatic rings. The van der Waals surface area contributed by atoms with Crippen molar-refractivity contribution in [3.05, 3.63) is 71.8 Å². The number of unbranched alkanes of at least 4 members (excludes halogenated alkanes) is 1. The van der Waals surface area contributed by atoms with Gasteiger partial charge in [-0.3, -0.25) is 0 Å². The van der Waals surface area contributed by atoms with E-state index in [2.05, 4.69) is 44.2 Å². The summed E-state index contributed by atoms with van der Waals surface area (Å²) in [6.45, 7) is 10.0. The second-order valence-electron chi connectivity index (χ2n) is 7.15. The van der Waals surface area contributed by atoms with Crippen molar-refractivity contribution < 1.29 is 14.4 Å². The Bertz CT molecular complexity index is 629. The van der Waals surface area contributed by atoms with Crippen molar-refractivity contribution in [1.82, 2.24) is 0 Å². The van der Waals surface area contributed by atoms with Gasteiger partial charge >= 0.3 is 0 Å². The van der Waals surface area contributed by atoms with Crippen LogP contribution in [0.5, 0.6) is 0 Å². The van der Waals surface area contributed by atoms with Crippen LogP contribution < -0.4 is 0 Å². The lowest BCUT2D eigenvalue weighted by Gasteiger charge is -2.24. The summed E-state index contributed by atoms with van der Waals surface area (Å²) in [5.41, 5.74) is 2.57.